The highest BCUT2D eigenvalue weighted by Gasteiger charge is 2.35. The van der Waals surface area contributed by atoms with E-state index in [1.165, 1.54) is 5.56 Å². The summed E-state index contributed by atoms with van der Waals surface area (Å²) in [6, 6.07) is 13.3. The van der Waals surface area contributed by atoms with E-state index in [0.717, 1.165) is 34.3 Å². The number of hydrogen-bond acceptors (Lipinski definition) is 4. The summed E-state index contributed by atoms with van der Waals surface area (Å²) in [5.41, 5.74) is 4.14. The van der Waals surface area contributed by atoms with Gasteiger partial charge in [-0.25, -0.2) is 4.79 Å². The molecule has 2 heterocycles. The molecule has 0 fully saturated rings. The Morgan fingerprint density at radius 3 is 2.80 bits per heavy atom. The smallest absolute Gasteiger partial charge is 0.410 e. The van der Waals surface area contributed by atoms with Crippen LogP contribution in [0.15, 0.2) is 42.5 Å². The fourth-order valence-corrected chi connectivity index (χ4v) is 4.18. The van der Waals surface area contributed by atoms with E-state index < -0.39 is 0 Å². The van der Waals surface area contributed by atoms with Crippen LogP contribution in [0.25, 0.3) is 10.9 Å². The normalized spacial score (nSPS) is 15.8. The summed E-state index contributed by atoms with van der Waals surface area (Å²) in [5.74, 6) is 0.731. The Hall–Kier alpha value is -2.70. The molecule has 1 aromatic heterocycles. The van der Waals surface area contributed by atoms with Gasteiger partial charge in [0, 0.05) is 41.2 Å². The summed E-state index contributed by atoms with van der Waals surface area (Å²) in [7, 11) is 0. The first kappa shape index (κ1) is 20.6. The SMILES string of the molecule is CCOC(=O)N1CCc2c([nH]c3ccc(Cl)cc23)[C@@H]1c1ccc(OCCCO)cc1. The van der Waals surface area contributed by atoms with Crippen LogP contribution in [0, 0.1) is 0 Å². The largest absolute Gasteiger partial charge is 0.494 e. The maximum Gasteiger partial charge on any atom is 0.410 e. The number of nitrogens with one attached hydrogen (secondary N) is 1. The monoisotopic (exact) mass is 428 g/mol. The van der Waals surface area contributed by atoms with Gasteiger partial charge in [-0.3, -0.25) is 4.90 Å². The Bertz CT molecular complexity index is 1030. The number of hydrogen-bond donors (Lipinski definition) is 2. The van der Waals surface area contributed by atoms with Crippen molar-refractivity contribution in [3.8, 4) is 5.75 Å². The van der Waals surface area contributed by atoms with Gasteiger partial charge in [-0.15, -0.1) is 0 Å². The Kier molecular flexibility index (Phi) is 6.16. The Labute approximate surface area is 180 Å². The summed E-state index contributed by atoms with van der Waals surface area (Å²) >= 11 is 6.23. The summed E-state index contributed by atoms with van der Waals surface area (Å²) in [6.07, 6.45) is 0.989. The number of halogens is 1. The number of aliphatic hydroxyl groups excluding tert-OH is 1. The van der Waals surface area contributed by atoms with E-state index in [1.807, 2.05) is 49.4 Å². The van der Waals surface area contributed by atoms with Gasteiger partial charge in [0.05, 0.1) is 13.2 Å². The topological polar surface area (TPSA) is 74.8 Å². The number of amides is 1. The molecule has 0 saturated heterocycles. The molecule has 1 atom stereocenters. The van der Waals surface area contributed by atoms with Crippen LogP contribution in [-0.2, 0) is 11.2 Å². The highest BCUT2D eigenvalue weighted by atomic mass is 35.5. The zero-order chi connectivity index (χ0) is 21.1. The molecule has 0 saturated carbocycles. The van der Waals surface area contributed by atoms with Crippen LogP contribution < -0.4 is 4.74 Å². The predicted octanol–water partition coefficient (Wildman–Crippen LogP) is 4.69. The van der Waals surface area contributed by atoms with E-state index in [0.29, 0.717) is 31.2 Å². The minimum Gasteiger partial charge on any atom is -0.494 e. The third-order valence-corrected chi connectivity index (χ3v) is 5.59. The summed E-state index contributed by atoms with van der Waals surface area (Å²) in [5, 5.41) is 10.7. The number of aromatic nitrogens is 1. The molecule has 158 valence electrons. The van der Waals surface area contributed by atoms with E-state index in [1.54, 1.807) is 4.90 Å². The zero-order valence-corrected chi connectivity index (χ0v) is 17.6. The number of rotatable bonds is 6. The lowest BCUT2D eigenvalue weighted by atomic mass is 9.92. The molecule has 3 aromatic rings. The number of nitrogens with zero attached hydrogens (tertiary/aromatic N) is 1. The van der Waals surface area contributed by atoms with E-state index >= 15 is 0 Å². The molecule has 7 heteroatoms. The van der Waals surface area contributed by atoms with E-state index in [9.17, 15) is 4.79 Å². The summed E-state index contributed by atoms with van der Waals surface area (Å²) in [6.45, 7) is 3.26. The molecule has 1 aliphatic heterocycles. The second kappa shape index (κ2) is 8.98. The fourth-order valence-electron chi connectivity index (χ4n) is 4.01. The van der Waals surface area contributed by atoms with Gasteiger partial charge >= 0.3 is 6.09 Å². The first-order valence-corrected chi connectivity index (χ1v) is 10.6. The average Bonchev–Trinajstić information content (AvgIpc) is 3.12. The molecule has 1 aliphatic rings. The predicted molar refractivity (Wildman–Crippen MR) is 116 cm³/mol. The first-order chi connectivity index (χ1) is 14.6. The molecule has 0 unspecified atom stereocenters. The number of fused-ring (bicyclic) bond motifs is 3. The van der Waals surface area contributed by atoms with Gasteiger partial charge in [-0.05, 0) is 54.8 Å². The van der Waals surface area contributed by atoms with Crippen molar-refractivity contribution in [3.63, 3.8) is 0 Å². The Balaban J connectivity index is 1.73. The fraction of sp³-hybridized carbons (Fsp3) is 0.348. The van der Waals surface area contributed by atoms with Crippen LogP contribution in [0.2, 0.25) is 5.02 Å². The third kappa shape index (κ3) is 3.98. The zero-order valence-electron chi connectivity index (χ0n) is 16.9. The van der Waals surface area contributed by atoms with Gasteiger partial charge in [-0.2, -0.15) is 0 Å². The maximum atomic E-state index is 12.7. The van der Waals surface area contributed by atoms with Crippen molar-refractivity contribution in [2.24, 2.45) is 0 Å². The molecule has 2 N–H and O–H groups in total. The lowest BCUT2D eigenvalue weighted by Gasteiger charge is -2.35. The minimum atomic E-state index is -0.326. The van der Waals surface area contributed by atoms with Gasteiger partial charge in [-0.1, -0.05) is 23.7 Å². The summed E-state index contributed by atoms with van der Waals surface area (Å²) < 4.78 is 11.0. The number of ether oxygens (including phenoxy) is 2. The molecule has 1 amide bonds. The molecular formula is C23H25ClN2O4. The van der Waals surface area contributed by atoms with Crippen LogP contribution in [0.1, 0.15) is 36.2 Å². The Morgan fingerprint density at radius 1 is 1.27 bits per heavy atom. The first-order valence-electron chi connectivity index (χ1n) is 10.2. The van der Waals surface area contributed by atoms with Crippen molar-refractivity contribution in [2.45, 2.75) is 25.8 Å². The summed E-state index contributed by atoms with van der Waals surface area (Å²) in [4.78, 5) is 18.0. The highest BCUT2D eigenvalue weighted by molar-refractivity contribution is 6.31. The lowest BCUT2D eigenvalue weighted by molar-refractivity contribution is 0.0932. The van der Waals surface area contributed by atoms with Crippen molar-refractivity contribution in [1.82, 2.24) is 9.88 Å². The number of aliphatic hydroxyl groups is 1. The number of carbonyl (C=O) groups is 1. The molecule has 6 nitrogen and oxygen atoms in total. The standard InChI is InChI=1S/C23H25ClN2O4/c1-2-29-23(28)26-11-10-18-19-14-16(24)6-9-20(19)25-21(18)22(26)15-4-7-17(8-5-15)30-13-3-12-27/h4-9,14,22,25,27H,2-3,10-13H2,1H3/t22-/m0/s1. The van der Waals surface area contributed by atoms with Crippen LogP contribution in [0.3, 0.4) is 0 Å². The highest BCUT2D eigenvalue weighted by Crippen LogP contribution is 2.39. The van der Waals surface area contributed by atoms with Crippen LogP contribution >= 0.6 is 11.6 Å². The van der Waals surface area contributed by atoms with Crippen LogP contribution in [0.4, 0.5) is 4.79 Å². The van der Waals surface area contributed by atoms with Crippen molar-refractivity contribution < 1.29 is 19.4 Å². The van der Waals surface area contributed by atoms with Gasteiger partial charge in [0.15, 0.2) is 0 Å². The quantitative estimate of drug-likeness (QED) is 0.559. The third-order valence-electron chi connectivity index (χ3n) is 5.36. The molecular weight excluding hydrogens is 404 g/mol. The van der Waals surface area contributed by atoms with E-state index in [4.69, 9.17) is 26.2 Å². The number of carbonyl (C=O) groups excluding carboxylic acids is 1. The number of aromatic amines is 1. The van der Waals surface area contributed by atoms with Crippen molar-refractivity contribution in [3.05, 3.63) is 64.3 Å². The van der Waals surface area contributed by atoms with Gasteiger partial charge in [0.2, 0.25) is 0 Å². The second-order valence-corrected chi connectivity index (χ2v) is 7.68. The average molecular weight is 429 g/mol. The molecule has 0 radical (unpaired) electrons. The minimum absolute atomic E-state index is 0.0990. The molecule has 0 spiro atoms. The van der Waals surface area contributed by atoms with Crippen molar-refractivity contribution in [1.29, 1.82) is 0 Å². The molecule has 0 bridgehead atoms. The molecule has 30 heavy (non-hydrogen) atoms. The van der Waals surface area contributed by atoms with Gasteiger partial charge < -0.3 is 19.6 Å². The van der Waals surface area contributed by atoms with E-state index in [-0.39, 0.29) is 18.7 Å². The molecule has 2 aromatic carbocycles. The van der Waals surface area contributed by atoms with Crippen molar-refractivity contribution >= 4 is 28.6 Å². The number of benzene rings is 2. The maximum absolute atomic E-state index is 12.7. The van der Waals surface area contributed by atoms with Gasteiger partial charge in [0.1, 0.15) is 11.8 Å². The number of H-pyrrole nitrogens is 1. The van der Waals surface area contributed by atoms with E-state index in [2.05, 4.69) is 4.98 Å². The molecule has 4 rings (SSSR count). The van der Waals surface area contributed by atoms with Crippen LogP contribution in [0.5, 0.6) is 5.75 Å². The lowest BCUT2D eigenvalue weighted by Crippen LogP contribution is -2.40. The Morgan fingerprint density at radius 2 is 2.07 bits per heavy atom. The van der Waals surface area contributed by atoms with Crippen LogP contribution in [-0.4, -0.2) is 47.4 Å². The van der Waals surface area contributed by atoms with Gasteiger partial charge in [0.25, 0.3) is 0 Å². The molecule has 0 aliphatic carbocycles. The van der Waals surface area contributed by atoms with Crippen molar-refractivity contribution in [2.75, 3.05) is 26.4 Å². The second-order valence-electron chi connectivity index (χ2n) is 7.25.